The van der Waals surface area contributed by atoms with Crippen LogP contribution in [-0.4, -0.2) is 23.1 Å². The molecule has 1 aromatic heterocycles. The van der Waals surface area contributed by atoms with Crippen molar-refractivity contribution in [2.45, 2.75) is 6.18 Å². The number of hydrogen-bond acceptors (Lipinski definition) is 5. The van der Waals surface area contributed by atoms with Crippen molar-refractivity contribution in [1.82, 2.24) is 9.97 Å². The molecule has 1 heterocycles. The second-order valence-corrected chi connectivity index (χ2v) is 4.28. The summed E-state index contributed by atoms with van der Waals surface area (Å²) in [6, 6.07) is 4.69. The molecule has 0 fully saturated rings. The average Bonchev–Trinajstić information content (AvgIpc) is 2.45. The molecule has 0 aliphatic heterocycles. The quantitative estimate of drug-likeness (QED) is 0.804. The van der Waals surface area contributed by atoms with E-state index in [4.69, 9.17) is 11.5 Å². The number of rotatable bonds is 4. The molecule has 5 N–H and O–H groups in total. The molecule has 0 saturated heterocycles. The summed E-state index contributed by atoms with van der Waals surface area (Å²) in [6.07, 6.45) is -2.89. The van der Waals surface area contributed by atoms with E-state index < -0.39 is 11.7 Å². The molecule has 0 aliphatic carbocycles. The van der Waals surface area contributed by atoms with Gasteiger partial charge in [-0.05, 0) is 12.1 Å². The standard InChI is InChI=1S/C13H14F3N5/c14-13(15,16)9-3-1-8(2-4-9)11-10(19-6-5-17)7-20-12(18)21-11/h1-4,7,19H,5-6,17H2,(H2,18,20,21). The van der Waals surface area contributed by atoms with Crippen LogP contribution in [0.1, 0.15) is 5.56 Å². The molecule has 0 saturated carbocycles. The van der Waals surface area contributed by atoms with Gasteiger partial charge < -0.3 is 16.8 Å². The molecular weight excluding hydrogens is 283 g/mol. The van der Waals surface area contributed by atoms with Crippen LogP contribution >= 0.6 is 0 Å². The van der Waals surface area contributed by atoms with Crippen LogP contribution in [0.25, 0.3) is 11.3 Å². The fraction of sp³-hybridized carbons (Fsp3) is 0.231. The van der Waals surface area contributed by atoms with Gasteiger partial charge in [-0.2, -0.15) is 13.2 Å². The first-order valence-electron chi connectivity index (χ1n) is 6.16. The lowest BCUT2D eigenvalue weighted by Gasteiger charge is -2.12. The minimum Gasteiger partial charge on any atom is -0.381 e. The Hall–Kier alpha value is -2.35. The lowest BCUT2D eigenvalue weighted by molar-refractivity contribution is -0.137. The van der Waals surface area contributed by atoms with Gasteiger partial charge >= 0.3 is 6.18 Å². The lowest BCUT2D eigenvalue weighted by atomic mass is 10.1. The molecule has 21 heavy (non-hydrogen) atoms. The zero-order chi connectivity index (χ0) is 15.5. The number of anilines is 2. The van der Waals surface area contributed by atoms with E-state index in [0.29, 0.717) is 30.0 Å². The Balaban J connectivity index is 2.38. The summed E-state index contributed by atoms with van der Waals surface area (Å²) < 4.78 is 37.7. The largest absolute Gasteiger partial charge is 0.416 e. The molecule has 5 nitrogen and oxygen atoms in total. The number of nitrogen functional groups attached to an aromatic ring is 1. The molecule has 0 radical (unpaired) electrons. The van der Waals surface area contributed by atoms with Gasteiger partial charge in [-0.1, -0.05) is 12.1 Å². The van der Waals surface area contributed by atoms with Crippen molar-refractivity contribution in [1.29, 1.82) is 0 Å². The summed E-state index contributed by atoms with van der Waals surface area (Å²) in [5.74, 6) is 0.0446. The van der Waals surface area contributed by atoms with Crippen molar-refractivity contribution in [3.63, 3.8) is 0 Å². The number of benzene rings is 1. The maximum absolute atomic E-state index is 12.6. The fourth-order valence-electron chi connectivity index (χ4n) is 1.77. The van der Waals surface area contributed by atoms with Crippen molar-refractivity contribution in [3.8, 4) is 11.3 Å². The van der Waals surface area contributed by atoms with Gasteiger partial charge in [0.1, 0.15) is 0 Å². The maximum atomic E-state index is 12.6. The van der Waals surface area contributed by atoms with Gasteiger partial charge in [0, 0.05) is 18.7 Å². The number of nitrogens with one attached hydrogen (secondary N) is 1. The molecule has 0 unspecified atom stereocenters. The number of halogens is 3. The van der Waals surface area contributed by atoms with E-state index in [2.05, 4.69) is 15.3 Å². The lowest BCUT2D eigenvalue weighted by Crippen LogP contribution is -2.14. The molecule has 2 rings (SSSR count). The summed E-state index contributed by atoms with van der Waals surface area (Å²) in [7, 11) is 0. The number of alkyl halides is 3. The third-order valence-corrected chi connectivity index (χ3v) is 2.75. The van der Waals surface area contributed by atoms with Gasteiger partial charge in [0.25, 0.3) is 0 Å². The van der Waals surface area contributed by atoms with Gasteiger partial charge in [0.2, 0.25) is 5.95 Å². The van der Waals surface area contributed by atoms with Gasteiger partial charge in [0.15, 0.2) is 0 Å². The van der Waals surface area contributed by atoms with E-state index in [-0.39, 0.29) is 5.95 Å². The Bertz CT molecular complexity index is 610. The van der Waals surface area contributed by atoms with Crippen molar-refractivity contribution < 1.29 is 13.2 Å². The summed E-state index contributed by atoms with van der Waals surface area (Å²) in [5.41, 5.74) is 11.7. The zero-order valence-corrected chi connectivity index (χ0v) is 11.0. The van der Waals surface area contributed by atoms with Crippen LogP contribution in [0.15, 0.2) is 30.5 Å². The first-order valence-corrected chi connectivity index (χ1v) is 6.16. The van der Waals surface area contributed by atoms with E-state index in [1.807, 2.05) is 0 Å². The van der Waals surface area contributed by atoms with E-state index in [1.165, 1.54) is 18.3 Å². The Labute approximate surface area is 119 Å². The van der Waals surface area contributed by atoms with Crippen LogP contribution in [0.2, 0.25) is 0 Å². The summed E-state index contributed by atoms with van der Waals surface area (Å²) in [5, 5.41) is 3.01. The third kappa shape index (κ3) is 3.60. The average molecular weight is 297 g/mol. The number of aromatic nitrogens is 2. The van der Waals surface area contributed by atoms with Crippen molar-refractivity contribution in [2.24, 2.45) is 5.73 Å². The molecule has 0 bridgehead atoms. The first-order chi connectivity index (χ1) is 9.91. The molecule has 112 valence electrons. The summed E-state index contributed by atoms with van der Waals surface area (Å²) in [4.78, 5) is 7.93. The van der Waals surface area contributed by atoms with Crippen LogP contribution in [0.3, 0.4) is 0 Å². The predicted octanol–water partition coefficient (Wildman–Crippen LogP) is 2.12. The Morgan fingerprint density at radius 3 is 2.38 bits per heavy atom. The highest BCUT2D eigenvalue weighted by molar-refractivity contribution is 5.74. The number of hydrogen-bond donors (Lipinski definition) is 3. The van der Waals surface area contributed by atoms with Crippen LogP contribution in [0.4, 0.5) is 24.8 Å². The predicted molar refractivity (Wildman–Crippen MR) is 74.4 cm³/mol. The van der Waals surface area contributed by atoms with Crippen LogP contribution < -0.4 is 16.8 Å². The second kappa shape index (κ2) is 5.96. The number of nitrogens with two attached hydrogens (primary N) is 2. The van der Waals surface area contributed by atoms with E-state index in [9.17, 15) is 13.2 Å². The van der Waals surface area contributed by atoms with Gasteiger partial charge in [0.05, 0.1) is 23.1 Å². The van der Waals surface area contributed by atoms with Crippen LogP contribution in [0, 0.1) is 0 Å². The van der Waals surface area contributed by atoms with E-state index in [0.717, 1.165) is 12.1 Å². The Morgan fingerprint density at radius 1 is 1.14 bits per heavy atom. The zero-order valence-electron chi connectivity index (χ0n) is 11.0. The molecule has 1 aromatic carbocycles. The highest BCUT2D eigenvalue weighted by Crippen LogP contribution is 2.32. The van der Waals surface area contributed by atoms with Crippen molar-refractivity contribution in [3.05, 3.63) is 36.0 Å². The van der Waals surface area contributed by atoms with Gasteiger partial charge in [-0.25, -0.2) is 9.97 Å². The first kappa shape index (κ1) is 15.0. The topological polar surface area (TPSA) is 89.8 Å². The SMILES string of the molecule is NCCNc1cnc(N)nc1-c1ccc(C(F)(F)F)cc1. The minimum atomic E-state index is -4.37. The van der Waals surface area contributed by atoms with E-state index >= 15 is 0 Å². The van der Waals surface area contributed by atoms with Crippen LogP contribution in [-0.2, 0) is 6.18 Å². The molecule has 0 atom stereocenters. The highest BCUT2D eigenvalue weighted by atomic mass is 19.4. The molecule has 0 amide bonds. The maximum Gasteiger partial charge on any atom is 0.416 e. The van der Waals surface area contributed by atoms with Crippen molar-refractivity contribution >= 4 is 11.6 Å². The Kier molecular flexibility index (Phi) is 4.27. The second-order valence-electron chi connectivity index (χ2n) is 4.28. The van der Waals surface area contributed by atoms with Crippen LogP contribution in [0.5, 0.6) is 0 Å². The molecule has 0 aliphatic rings. The molecule has 2 aromatic rings. The van der Waals surface area contributed by atoms with Gasteiger partial charge in [-0.15, -0.1) is 0 Å². The monoisotopic (exact) mass is 297 g/mol. The smallest absolute Gasteiger partial charge is 0.381 e. The van der Waals surface area contributed by atoms with Crippen molar-refractivity contribution in [2.75, 3.05) is 24.1 Å². The Morgan fingerprint density at radius 2 is 1.81 bits per heavy atom. The highest BCUT2D eigenvalue weighted by Gasteiger charge is 2.30. The summed E-state index contributed by atoms with van der Waals surface area (Å²) >= 11 is 0. The normalized spacial score (nSPS) is 11.4. The molecular formula is C13H14F3N5. The molecule has 0 spiro atoms. The van der Waals surface area contributed by atoms with Gasteiger partial charge in [-0.3, -0.25) is 0 Å². The minimum absolute atomic E-state index is 0.0446. The fourth-order valence-corrected chi connectivity index (χ4v) is 1.77. The molecule has 8 heteroatoms. The number of nitrogens with zero attached hydrogens (tertiary/aromatic N) is 2. The summed E-state index contributed by atoms with van der Waals surface area (Å²) in [6.45, 7) is 0.887. The van der Waals surface area contributed by atoms with E-state index in [1.54, 1.807) is 0 Å². The third-order valence-electron chi connectivity index (χ3n) is 2.75.